The van der Waals surface area contributed by atoms with Crippen molar-refractivity contribution in [2.24, 2.45) is 0 Å². The molecule has 0 unspecified atom stereocenters. The van der Waals surface area contributed by atoms with Crippen LogP contribution in [0.15, 0.2) is 47.7 Å². The molecule has 7 nitrogen and oxygen atoms in total. The summed E-state index contributed by atoms with van der Waals surface area (Å²) >= 11 is 0. The molecule has 7 heteroatoms. The monoisotopic (exact) mass is 270 g/mol. The second-order valence-corrected chi connectivity index (χ2v) is 4.21. The molecule has 0 aliphatic rings. The molecule has 100 valence electrons. The largest absolute Gasteiger partial charge is 0.478 e. The second kappa shape index (κ2) is 4.61. The minimum absolute atomic E-state index is 0.100. The molecule has 0 aliphatic heterocycles. The fourth-order valence-corrected chi connectivity index (χ4v) is 2.01. The van der Waals surface area contributed by atoms with E-state index in [4.69, 9.17) is 5.11 Å². The van der Waals surface area contributed by atoms with Crippen molar-refractivity contribution in [3.8, 4) is 0 Å². The van der Waals surface area contributed by atoms with Gasteiger partial charge >= 0.3 is 11.7 Å². The van der Waals surface area contributed by atoms with E-state index in [2.05, 4.69) is 10.1 Å². The van der Waals surface area contributed by atoms with Crippen molar-refractivity contribution in [3.63, 3.8) is 0 Å². The van der Waals surface area contributed by atoms with Gasteiger partial charge in [0.1, 0.15) is 0 Å². The number of aromatic carboxylic acids is 1. The van der Waals surface area contributed by atoms with Crippen molar-refractivity contribution in [2.75, 3.05) is 0 Å². The number of benzene rings is 1. The minimum atomic E-state index is -1.03. The Hall–Kier alpha value is -2.96. The highest BCUT2D eigenvalue weighted by atomic mass is 16.4. The number of carbonyl (C=O) groups is 1. The van der Waals surface area contributed by atoms with Gasteiger partial charge in [0.2, 0.25) is 0 Å². The van der Waals surface area contributed by atoms with E-state index in [1.807, 2.05) is 0 Å². The van der Waals surface area contributed by atoms with Crippen LogP contribution in [0.5, 0.6) is 0 Å². The fourth-order valence-electron chi connectivity index (χ4n) is 2.01. The average Bonchev–Trinajstić information content (AvgIpc) is 2.76. The SMILES string of the molecule is O=C(O)c1ccccc1Cn1nc2cnccn2c1=O. The zero-order valence-corrected chi connectivity index (χ0v) is 10.3. The molecule has 0 bridgehead atoms. The standard InChI is InChI=1S/C13H10N4O3/c18-12(19)10-4-2-1-3-9(10)8-17-13(20)16-6-5-14-7-11(16)15-17/h1-7H,8H2,(H,18,19). The van der Waals surface area contributed by atoms with Crippen LogP contribution in [0.4, 0.5) is 0 Å². The maximum Gasteiger partial charge on any atom is 0.350 e. The van der Waals surface area contributed by atoms with E-state index in [0.29, 0.717) is 11.2 Å². The first-order chi connectivity index (χ1) is 9.66. The van der Waals surface area contributed by atoms with Crippen molar-refractivity contribution < 1.29 is 9.90 Å². The summed E-state index contributed by atoms with van der Waals surface area (Å²) in [5, 5.41) is 13.2. The highest BCUT2D eigenvalue weighted by Gasteiger charge is 2.12. The third-order valence-electron chi connectivity index (χ3n) is 2.96. The molecular formula is C13H10N4O3. The lowest BCUT2D eigenvalue weighted by Gasteiger charge is -2.04. The molecule has 0 saturated carbocycles. The Morgan fingerprint density at radius 3 is 2.85 bits per heavy atom. The van der Waals surface area contributed by atoms with E-state index in [9.17, 15) is 9.59 Å². The summed E-state index contributed by atoms with van der Waals surface area (Å²) in [6.07, 6.45) is 4.48. The summed E-state index contributed by atoms with van der Waals surface area (Å²) in [4.78, 5) is 27.1. The van der Waals surface area contributed by atoms with Gasteiger partial charge in [-0.1, -0.05) is 18.2 Å². The van der Waals surface area contributed by atoms with Crippen molar-refractivity contribution in [3.05, 3.63) is 64.5 Å². The predicted octanol–water partition coefficient (Wildman–Crippen LogP) is 0.637. The van der Waals surface area contributed by atoms with Crippen LogP contribution in [0, 0.1) is 0 Å². The van der Waals surface area contributed by atoms with Crippen molar-refractivity contribution in [2.45, 2.75) is 6.54 Å². The van der Waals surface area contributed by atoms with Crippen LogP contribution in [-0.2, 0) is 6.54 Å². The van der Waals surface area contributed by atoms with Crippen LogP contribution in [-0.4, -0.2) is 30.2 Å². The van der Waals surface area contributed by atoms with E-state index in [1.54, 1.807) is 18.2 Å². The van der Waals surface area contributed by atoms with Crippen LogP contribution in [0.3, 0.4) is 0 Å². The van der Waals surface area contributed by atoms with Crippen molar-refractivity contribution in [1.29, 1.82) is 0 Å². The molecule has 0 spiro atoms. The van der Waals surface area contributed by atoms with Crippen LogP contribution < -0.4 is 5.69 Å². The predicted molar refractivity (Wildman–Crippen MR) is 69.8 cm³/mol. The van der Waals surface area contributed by atoms with Gasteiger partial charge < -0.3 is 5.11 Å². The number of fused-ring (bicyclic) bond motifs is 1. The fraction of sp³-hybridized carbons (Fsp3) is 0.0769. The van der Waals surface area contributed by atoms with E-state index < -0.39 is 5.97 Å². The third-order valence-corrected chi connectivity index (χ3v) is 2.96. The topological polar surface area (TPSA) is 89.5 Å². The van der Waals surface area contributed by atoms with Gasteiger partial charge in [-0.25, -0.2) is 18.7 Å². The lowest BCUT2D eigenvalue weighted by atomic mass is 10.1. The molecule has 0 fully saturated rings. The number of hydrogen-bond acceptors (Lipinski definition) is 4. The smallest absolute Gasteiger partial charge is 0.350 e. The molecule has 2 heterocycles. The van der Waals surface area contributed by atoms with Crippen LogP contribution >= 0.6 is 0 Å². The molecule has 20 heavy (non-hydrogen) atoms. The average molecular weight is 270 g/mol. The Labute approximate surface area is 112 Å². The second-order valence-electron chi connectivity index (χ2n) is 4.21. The minimum Gasteiger partial charge on any atom is -0.478 e. The number of carboxylic acid groups (broad SMARTS) is 1. The Bertz CT molecular complexity index is 850. The third kappa shape index (κ3) is 1.95. The molecule has 3 rings (SSSR count). The van der Waals surface area contributed by atoms with Gasteiger partial charge in [0, 0.05) is 12.4 Å². The number of carboxylic acids is 1. The van der Waals surface area contributed by atoms with Gasteiger partial charge in [-0.05, 0) is 11.6 Å². The molecule has 2 aromatic heterocycles. The number of aromatic nitrogens is 4. The van der Waals surface area contributed by atoms with Gasteiger partial charge in [-0.2, -0.15) is 0 Å². The summed E-state index contributed by atoms with van der Waals surface area (Å²) in [6.45, 7) is 0.100. The zero-order valence-electron chi connectivity index (χ0n) is 10.3. The van der Waals surface area contributed by atoms with E-state index in [0.717, 1.165) is 0 Å². The Balaban J connectivity index is 2.08. The van der Waals surface area contributed by atoms with Gasteiger partial charge in [-0.15, -0.1) is 5.10 Å². The molecule has 1 aromatic carbocycles. The lowest BCUT2D eigenvalue weighted by Crippen LogP contribution is -2.22. The van der Waals surface area contributed by atoms with Crippen LogP contribution in [0.1, 0.15) is 15.9 Å². The molecule has 0 amide bonds. The van der Waals surface area contributed by atoms with E-state index in [1.165, 1.54) is 33.7 Å². The van der Waals surface area contributed by atoms with Gasteiger partial charge in [0.15, 0.2) is 5.65 Å². The molecule has 0 aliphatic carbocycles. The first-order valence-electron chi connectivity index (χ1n) is 5.87. The maximum atomic E-state index is 12.1. The van der Waals surface area contributed by atoms with Gasteiger partial charge in [0.25, 0.3) is 0 Å². The van der Waals surface area contributed by atoms with Crippen molar-refractivity contribution >= 4 is 11.6 Å². The number of rotatable bonds is 3. The number of nitrogens with zero attached hydrogens (tertiary/aromatic N) is 4. The Kier molecular flexibility index (Phi) is 2.79. The normalized spacial score (nSPS) is 10.8. The molecule has 1 N–H and O–H groups in total. The maximum absolute atomic E-state index is 12.1. The van der Waals surface area contributed by atoms with E-state index >= 15 is 0 Å². The Morgan fingerprint density at radius 2 is 2.10 bits per heavy atom. The quantitative estimate of drug-likeness (QED) is 0.754. The number of hydrogen-bond donors (Lipinski definition) is 1. The highest BCUT2D eigenvalue weighted by molar-refractivity contribution is 5.89. The highest BCUT2D eigenvalue weighted by Crippen LogP contribution is 2.09. The molecular weight excluding hydrogens is 260 g/mol. The van der Waals surface area contributed by atoms with Crippen LogP contribution in [0.2, 0.25) is 0 Å². The van der Waals surface area contributed by atoms with E-state index in [-0.39, 0.29) is 17.8 Å². The van der Waals surface area contributed by atoms with Crippen molar-refractivity contribution in [1.82, 2.24) is 19.2 Å². The molecule has 0 atom stereocenters. The summed E-state index contributed by atoms with van der Waals surface area (Å²) in [7, 11) is 0. The van der Waals surface area contributed by atoms with Crippen LogP contribution in [0.25, 0.3) is 5.65 Å². The molecule has 3 aromatic rings. The summed E-state index contributed by atoms with van der Waals surface area (Å²) < 4.78 is 2.58. The zero-order chi connectivity index (χ0) is 14.1. The first kappa shape index (κ1) is 12.1. The molecule has 0 radical (unpaired) electrons. The molecule has 0 saturated heterocycles. The summed E-state index contributed by atoms with van der Waals surface area (Å²) in [5.74, 6) is -1.03. The Morgan fingerprint density at radius 1 is 1.30 bits per heavy atom. The van der Waals surface area contributed by atoms with Gasteiger partial charge in [0.05, 0.1) is 18.3 Å². The summed E-state index contributed by atoms with van der Waals surface area (Å²) in [6, 6.07) is 6.53. The van der Waals surface area contributed by atoms with Gasteiger partial charge in [-0.3, -0.25) is 4.98 Å². The first-order valence-corrected chi connectivity index (χ1v) is 5.87. The summed E-state index contributed by atoms with van der Waals surface area (Å²) in [5.41, 5.74) is 0.779. The lowest BCUT2D eigenvalue weighted by molar-refractivity contribution is 0.0695.